The number of benzene rings is 1. The zero-order valence-electron chi connectivity index (χ0n) is 30.2. The highest BCUT2D eigenvalue weighted by Gasteiger charge is 2.34. The van der Waals surface area contributed by atoms with E-state index in [1.165, 1.54) is 0 Å². The first kappa shape index (κ1) is 41.3. The minimum Gasteiger partial charge on any atom is -0.465 e. The Labute approximate surface area is 279 Å². The van der Waals surface area contributed by atoms with Crippen molar-refractivity contribution < 1.29 is 28.6 Å². The van der Waals surface area contributed by atoms with Crippen molar-refractivity contribution in [2.24, 2.45) is 10.8 Å². The van der Waals surface area contributed by atoms with Crippen LogP contribution in [-0.4, -0.2) is 93.5 Å². The van der Waals surface area contributed by atoms with Gasteiger partial charge < -0.3 is 19.1 Å². The van der Waals surface area contributed by atoms with Crippen LogP contribution in [-0.2, 0) is 23.8 Å². The van der Waals surface area contributed by atoms with Gasteiger partial charge in [0, 0.05) is 25.6 Å². The van der Waals surface area contributed by atoms with Gasteiger partial charge >= 0.3 is 17.9 Å². The maximum Gasteiger partial charge on any atom is 0.338 e. The number of rotatable bonds is 23. The third-order valence-electron chi connectivity index (χ3n) is 8.13. The maximum atomic E-state index is 13.1. The molecule has 262 valence electrons. The monoisotopic (exact) mass is 645 g/mol. The molecule has 1 aromatic rings. The smallest absolute Gasteiger partial charge is 0.338 e. The number of nitrogens with one attached hydrogen (secondary N) is 1. The minimum atomic E-state index is -0.863. The summed E-state index contributed by atoms with van der Waals surface area (Å²) in [6, 6.07) is 8.93. The summed E-state index contributed by atoms with van der Waals surface area (Å²) in [5, 5.41) is 3.69. The highest BCUT2D eigenvalue weighted by molar-refractivity contribution is 5.89. The van der Waals surface area contributed by atoms with E-state index in [2.05, 4.69) is 75.9 Å². The Balaban J connectivity index is 2.89. The van der Waals surface area contributed by atoms with E-state index < -0.39 is 11.4 Å². The van der Waals surface area contributed by atoms with E-state index in [1.807, 2.05) is 20.0 Å². The van der Waals surface area contributed by atoms with Gasteiger partial charge in [0.2, 0.25) is 0 Å². The van der Waals surface area contributed by atoms with Gasteiger partial charge in [-0.25, -0.2) is 4.79 Å². The van der Waals surface area contributed by atoms with Gasteiger partial charge in [-0.3, -0.25) is 19.8 Å². The minimum absolute atomic E-state index is 0.00102. The number of nitrogens with zero attached hydrogens (tertiary/aromatic N) is 2. The van der Waals surface area contributed by atoms with Gasteiger partial charge in [-0.05, 0) is 77.2 Å². The molecule has 3 atom stereocenters. The van der Waals surface area contributed by atoms with Crippen molar-refractivity contribution in [1.29, 1.82) is 0 Å². The Bertz CT molecular complexity index is 1040. The molecule has 0 amide bonds. The lowest BCUT2D eigenvalue weighted by atomic mass is 9.87. The standard InChI is InChI=1S/C37H63N3O6/c1-10-13-17-30(4)38-32(21-25-39(8)24-11-2)40(9)26-22-34(42)45-28-37(12-3,27-44-33(41)20-23-36(5,6)7)29-46-35(43)31-18-15-14-16-19-31/h13-19,30,32,38H,10-12,20-29H2,1-9H3. The molecule has 0 saturated carbocycles. The van der Waals surface area contributed by atoms with Crippen LogP contribution < -0.4 is 5.32 Å². The van der Waals surface area contributed by atoms with Crippen molar-refractivity contribution in [1.82, 2.24) is 15.1 Å². The molecule has 9 nitrogen and oxygen atoms in total. The molecule has 0 aliphatic carbocycles. The summed E-state index contributed by atoms with van der Waals surface area (Å²) in [5.41, 5.74) is -0.435. The molecule has 0 heterocycles. The summed E-state index contributed by atoms with van der Waals surface area (Å²) in [7, 11) is 4.16. The SMILES string of the molecule is CCC=CC(C)NC(CCN(C)CCC)N(C)CCC(=O)OCC(CC)(COC(=O)CCC(C)(C)C)COC(=O)c1ccccc1. The molecule has 1 aromatic carbocycles. The normalized spacial score (nSPS) is 14.7. The van der Waals surface area contributed by atoms with Gasteiger partial charge in [0.1, 0.15) is 19.8 Å². The Morgan fingerprint density at radius 1 is 0.870 bits per heavy atom. The van der Waals surface area contributed by atoms with Crippen molar-refractivity contribution in [3.63, 3.8) is 0 Å². The van der Waals surface area contributed by atoms with Crippen molar-refractivity contribution >= 4 is 17.9 Å². The predicted octanol–water partition coefficient (Wildman–Crippen LogP) is 6.48. The lowest BCUT2D eigenvalue weighted by Crippen LogP contribution is -2.49. The van der Waals surface area contributed by atoms with E-state index in [0.717, 1.165) is 32.4 Å². The first-order chi connectivity index (χ1) is 21.7. The number of esters is 3. The van der Waals surface area contributed by atoms with Crippen LogP contribution in [0.25, 0.3) is 0 Å². The van der Waals surface area contributed by atoms with Gasteiger partial charge in [-0.15, -0.1) is 0 Å². The lowest BCUT2D eigenvalue weighted by molar-refractivity contribution is -0.157. The summed E-state index contributed by atoms with van der Waals surface area (Å²) in [4.78, 5) is 42.9. The highest BCUT2D eigenvalue weighted by atomic mass is 16.6. The van der Waals surface area contributed by atoms with E-state index in [-0.39, 0.29) is 62.2 Å². The van der Waals surface area contributed by atoms with Crippen molar-refractivity contribution in [3.8, 4) is 0 Å². The average molecular weight is 646 g/mol. The topological polar surface area (TPSA) is 97.4 Å². The number of carbonyl (C=O) groups is 3. The summed E-state index contributed by atoms with van der Waals surface area (Å²) in [5.74, 6) is -1.14. The molecular weight excluding hydrogens is 582 g/mol. The molecule has 0 bridgehead atoms. The molecule has 3 unspecified atom stereocenters. The molecule has 0 aliphatic heterocycles. The lowest BCUT2D eigenvalue weighted by Gasteiger charge is -2.33. The number of allylic oxidation sites excluding steroid dienone is 1. The summed E-state index contributed by atoms with van der Waals surface area (Å²) < 4.78 is 17.1. The van der Waals surface area contributed by atoms with E-state index in [9.17, 15) is 14.4 Å². The summed E-state index contributed by atoms with van der Waals surface area (Å²) >= 11 is 0. The molecule has 0 saturated heterocycles. The zero-order valence-corrected chi connectivity index (χ0v) is 30.2. The number of carbonyl (C=O) groups excluding carboxylic acids is 3. The zero-order chi connectivity index (χ0) is 34.6. The van der Waals surface area contributed by atoms with Crippen LogP contribution in [0.2, 0.25) is 0 Å². The van der Waals surface area contributed by atoms with Gasteiger partial charge in [-0.2, -0.15) is 0 Å². The quantitative estimate of drug-likeness (QED) is 0.0621. The molecular formula is C37H63N3O6. The van der Waals surface area contributed by atoms with Crippen molar-refractivity contribution in [3.05, 3.63) is 48.0 Å². The van der Waals surface area contributed by atoms with Crippen LogP contribution in [0.15, 0.2) is 42.5 Å². The molecule has 0 aromatic heterocycles. The number of hydrogen-bond acceptors (Lipinski definition) is 9. The largest absolute Gasteiger partial charge is 0.465 e. The Kier molecular flexibility index (Phi) is 19.7. The summed E-state index contributed by atoms with van der Waals surface area (Å²) in [6.07, 6.45) is 9.09. The third-order valence-corrected chi connectivity index (χ3v) is 8.13. The molecule has 0 aliphatic rings. The number of ether oxygens (including phenoxy) is 3. The highest BCUT2D eigenvalue weighted by Crippen LogP contribution is 2.26. The van der Waals surface area contributed by atoms with E-state index in [0.29, 0.717) is 24.9 Å². The Morgan fingerprint density at radius 2 is 1.48 bits per heavy atom. The molecule has 0 fully saturated rings. The van der Waals surface area contributed by atoms with Crippen LogP contribution >= 0.6 is 0 Å². The molecule has 0 radical (unpaired) electrons. The van der Waals surface area contributed by atoms with Crippen LogP contribution in [0.1, 0.15) is 104 Å². The van der Waals surface area contributed by atoms with Crippen molar-refractivity contribution in [2.75, 3.05) is 53.6 Å². The predicted molar refractivity (Wildman–Crippen MR) is 186 cm³/mol. The van der Waals surface area contributed by atoms with Gasteiger partial charge in [-0.1, -0.05) is 71.9 Å². The second kappa shape index (κ2) is 21.9. The fraction of sp³-hybridized carbons (Fsp3) is 0.703. The number of hydrogen-bond donors (Lipinski definition) is 1. The Hall–Kier alpha value is -2.75. The molecule has 1 N–H and O–H groups in total. The van der Waals surface area contributed by atoms with Crippen LogP contribution in [0.4, 0.5) is 0 Å². The Morgan fingerprint density at radius 3 is 2.04 bits per heavy atom. The first-order valence-corrected chi connectivity index (χ1v) is 17.1. The third kappa shape index (κ3) is 17.8. The van der Waals surface area contributed by atoms with Gasteiger partial charge in [0.25, 0.3) is 0 Å². The average Bonchev–Trinajstić information content (AvgIpc) is 3.03. The second-order valence-electron chi connectivity index (χ2n) is 13.8. The molecule has 46 heavy (non-hydrogen) atoms. The van der Waals surface area contributed by atoms with Crippen LogP contribution in [0, 0.1) is 10.8 Å². The van der Waals surface area contributed by atoms with Gasteiger partial charge in [0.05, 0.1) is 23.6 Å². The fourth-order valence-electron chi connectivity index (χ4n) is 4.79. The molecule has 9 heteroatoms. The fourth-order valence-corrected chi connectivity index (χ4v) is 4.79. The van der Waals surface area contributed by atoms with Crippen LogP contribution in [0.5, 0.6) is 0 Å². The second-order valence-corrected chi connectivity index (χ2v) is 13.8. The maximum absolute atomic E-state index is 13.1. The van der Waals surface area contributed by atoms with Crippen LogP contribution in [0.3, 0.4) is 0 Å². The molecule has 1 rings (SSSR count). The summed E-state index contributed by atoms with van der Waals surface area (Å²) in [6.45, 7) is 17.0. The molecule has 0 spiro atoms. The van der Waals surface area contributed by atoms with E-state index in [1.54, 1.807) is 24.3 Å². The van der Waals surface area contributed by atoms with Crippen molar-refractivity contribution in [2.45, 2.75) is 106 Å². The van der Waals surface area contributed by atoms with Gasteiger partial charge in [0.15, 0.2) is 0 Å². The van der Waals surface area contributed by atoms with E-state index in [4.69, 9.17) is 14.2 Å². The first-order valence-electron chi connectivity index (χ1n) is 17.1. The van der Waals surface area contributed by atoms with E-state index >= 15 is 0 Å².